The number of anilines is 1. The summed E-state index contributed by atoms with van der Waals surface area (Å²) in [5.74, 6) is 0.802. The Morgan fingerprint density at radius 1 is 1.12 bits per heavy atom. The van der Waals surface area contributed by atoms with E-state index < -0.39 is 0 Å². The fourth-order valence-corrected chi connectivity index (χ4v) is 3.84. The van der Waals surface area contributed by atoms with E-state index in [1.807, 2.05) is 35.2 Å². The van der Waals surface area contributed by atoms with Crippen molar-refractivity contribution in [2.45, 2.75) is 12.8 Å². The maximum absolute atomic E-state index is 4.68. The molecule has 0 atom stereocenters. The van der Waals surface area contributed by atoms with Gasteiger partial charge in [0.2, 0.25) is 0 Å². The van der Waals surface area contributed by atoms with Gasteiger partial charge in [0.05, 0.1) is 5.01 Å². The fraction of sp³-hybridized carbons (Fsp3) is 0.250. The number of thiazole rings is 2. The molecule has 122 valence electrons. The zero-order valence-corrected chi connectivity index (χ0v) is 14.5. The summed E-state index contributed by atoms with van der Waals surface area (Å²) < 4.78 is 0. The van der Waals surface area contributed by atoms with E-state index in [1.165, 1.54) is 0 Å². The van der Waals surface area contributed by atoms with Crippen LogP contribution in [0.1, 0.15) is 17.1 Å². The Bertz CT molecular complexity index is 839. The van der Waals surface area contributed by atoms with Gasteiger partial charge in [0.1, 0.15) is 11.4 Å². The van der Waals surface area contributed by atoms with Crippen LogP contribution in [0, 0.1) is 0 Å². The Morgan fingerprint density at radius 3 is 2.88 bits per heavy atom. The lowest BCUT2D eigenvalue weighted by Crippen LogP contribution is -2.35. The number of hydrogen-bond donors (Lipinski definition) is 2. The minimum atomic E-state index is 0.751. The van der Waals surface area contributed by atoms with Crippen molar-refractivity contribution >= 4 is 33.8 Å². The number of guanidine groups is 1. The average molecular weight is 356 g/mol. The van der Waals surface area contributed by atoms with Crippen LogP contribution in [0.5, 0.6) is 0 Å². The van der Waals surface area contributed by atoms with Gasteiger partial charge in [0.25, 0.3) is 0 Å². The number of rotatable bonds is 4. The Morgan fingerprint density at radius 2 is 2.04 bits per heavy atom. The third-order valence-electron chi connectivity index (χ3n) is 3.50. The van der Waals surface area contributed by atoms with Crippen molar-refractivity contribution in [2.75, 3.05) is 18.4 Å². The first-order valence-corrected chi connectivity index (χ1v) is 9.48. The number of pyridine rings is 1. The summed E-state index contributed by atoms with van der Waals surface area (Å²) in [6.45, 7) is 1.81. The normalized spacial score (nSPS) is 14.1. The molecule has 24 heavy (non-hydrogen) atoms. The molecular formula is C16H16N6S2. The van der Waals surface area contributed by atoms with Crippen LogP contribution in [0.15, 0.2) is 40.1 Å². The first-order valence-electron chi connectivity index (χ1n) is 7.72. The number of aliphatic imine (C=N–C) groups is 1. The van der Waals surface area contributed by atoms with Crippen molar-refractivity contribution in [3.8, 4) is 11.4 Å². The van der Waals surface area contributed by atoms with Crippen molar-refractivity contribution in [3.05, 3.63) is 45.9 Å². The first-order chi connectivity index (χ1) is 11.9. The maximum atomic E-state index is 4.68. The summed E-state index contributed by atoms with van der Waals surface area (Å²) in [5, 5.41) is 12.4. The van der Waals surface area contributed by atoms with Gasteiger partial charge in [-0.2, -0.15) is 0 Å². The second-order valence-corrected chi connectivity index (χ2v) is 7.10. The smallest absolute Gasteiger partial charge is 0.197 e. The largest absolute Gasteiger partial charge is 0.356 e. The standard InChI is InChI=1S/C16H16N6S2/c1-2-5-17-11(4-1)8-14-20-12(9-23-14)13-10-24-16(21-13)22-15-18-6-3-7-19-15/h1-2,4-5,9-10H,3,6-8H2,(H2,18,19,21,22). The van der Waals surface area contributed by atoms with E-state index in [2.05, 4.69) is 30.6 Å². The van der Waals surface area contributed by atoms with Gasteiger partial charge in [-0.05, 0) is 18.6 Å². The Labute approximate surface area is 147 Å². The lowest BCUT2D eigenvalue weighted by Gasteiger charge is -2.13. The predicted molar refractivity (Wildman–Crippen MR) is 98.8 cm³/mol. The molecule has 0 fully saturated rings. The van der Waals surface area contributed by atoms with Gasteiger partial charge in [0, 0.05) is 42.2 Å². The van der Waals surface area contributed by atoms with Gasteiger partial charge in [-0.1, -0.05) is 6.07 Å². The molecule has 0 spiro atoms. The molecule has 0 unspecified atom stereocenters. The molecule has 8 heteroatoms. The molecule has 1 aliphatic rings. The van der Waals surface area contributed by atoms with E-state index >= 15 is 0 Å². The van der Waals surface area contributed by atoms with E-state index in [0.29, 0.717) is 0 Å². The van der Waals surface area contributed by atoms with Gasteiger partial charge in [0.15, 0.2) is 11.1 Å². The molecule has 0 amide bonds. The summed E-state index contributed by atoms with van der Waals surface area (Å²) in [5.41, 5.74) is 2.83. The second kappa shape index (κ2) is 7.06. The van der Waals surface area contributed by atoms with Crippen molar-refractivity contribution in [2.24, 2.45) is 4.99 Å². The van der Waals surface area contributed by atoms with Crippen LogP contribution >= 0.6 is 22.7 Å². The average Bonchev–Trinajstić information content (AvgIpc) is 3.26. The highest BCUT2D eigenvalue weighted by Crippen LogP contribution is 2.27. The number of nitrogens with zero attached hydrogens (tertiary/aromatic N) is 4. The predicted octanol–water partition coefficient (Wildman–Crippen LogP) is 3.01. The summed E-state index contributed by atoms with van der Waals surface area (Å²) in [4.78, 5) is 18.0. The lowest BCUT2D eigenvalue weighted by molar-refractivity contribution is 0.740. The molecule has 3 aromatic rings. The van der Waals surface area contributed by atoms with E-state index in [4.69, 9.17) is 0 Å². The molecule has 4 rings (SSSR count). The van der Waals surface area contributed by atoms with Crippen molar-refractivity contribution in [3.63, 3.8) is 0 Å². The molecule has 0 radical (unpaired) electrons. The zero-order chi connectivity index (χ0) is 16.2. The minimum absolute atomic E-state index is 0.751. The quantitative estimate of drug-likeness (QED) is 0.752. The summed E-state index contributed by atoms with van der Waals surface area (Å²) in [6.07, 6.45) is 3.64. The molecule has 2 N–H and O–H groups in total. The van der Waals surface area contributed by atoms with E-state index in [1.54, 1.807) is 22.7 Å². The Hall–Kier alpha value is -2.32. The number of aromatic nitrogens is 3. The number of hydrogen-bond acceptors (Lipinski definition) is 8. The number of nitrogens with one attached hydrogen (secondary N) is 2. The van der Waals surface area contributed by atoms with Gasteiger partial charge in [-0.25, -0.2) is 9.97 Å². The minimum Gasteiger partial charge on any atom is -0.356 e. The van der Waals surface area contributed by atoms with Crippen LogP contribution in [-0.4, -0.2) is 34.0 Å². The Balaban J connectivity index is 1.45. The van der Waals surface area contributed by atoms with Gasteiger partial charge in [-0.15, -0.1) is 22.7 Å². The summed E-state index contributed by atoms with van der Waals surface area (Å²) in [7, 11) is 0. The third-order valence-corrected chi connectivity index (χ3v) is 5.11. The zero-order valence-electron chi connectivity index (χ0n) is 12.9. The summed E-state index contributed by atoms with van der Waals surface area (Å²) >= 11 is 3.20. The SMILES string of the molecule is c1ccc(Cc2nc(-c3csc(NC4=NCCCN4)n3)cs2)nc1. The molecule has 0 saturated heterocycles. The van der Waals surface area contributed by atoms with Crippen molar-refractivity contribution in [1.82, 2.24) is 20.3 Å². The van der Waals surface area contributed by atoms with Crippen molar-refractivity contribution in [1.29, 1.82) is 0 Å². The van der Waals surface area contributed by atoms with Crippen LogP contribution in [0.3, 0.4) is 0 Å². The molecular weight excluding hydrogens is 340 g/mol. The van der Waals surface area contributed by atoms with Gasteiger partial charge >= 0.3 is 0 Å². The summed E-state index contributed by atoms with van der Waals surface area (Å²) in [6, 6.07) is 5.94. The highest BCUT2D eigenvalue weighted by Gasteiger charge is 2.11. The van der Waals surface area contributed by atoms with Crippen LogP contribution < -0.4 is 10.6 Å². The monoisotopic (exact) mass is 356 g/mol. The van der Waals surface area contributed by atoms with Crippen LogP contribution in [0.2, 0.25) is 0 Å². The maximum Gasteiger partial charge on any atom is 0.197 e. The second-order valence-electron chi connectivity index (χ2n) is 5.30. The molecule has 1 aliphatic heterocycles. The van der Waals surface area contributed by atoms with Crippen LogP contribution in [-0.2, 0) is 6.42 Å². The molecule has 0 aromatic carbocycles. The lowest BCUT2D eigenvalue weighted by atomic mass is 10.3. The third kappa shape index (κ3) is 3.60. The Kier molecular flexibility index (Phi) is 4.48. The van der Waals surface area contributed by atoms with E-state index in [0.717, 1.165) is 59.1 Å². The van der Waals surface area contributed by atoms with Crippen LogP contribution in [0.25, 0.3) is 11.4 Å². The molecule has 6 nitrogen and oxygen atoms in total. The highest BCUT2D eigenvalue weighted by atomic mass is 32.1. The topological polar surface area (TPSA) is 75.1 Å². The molecule has 0 aliphatic carbocycles. The highest BCUT2D eigenvalue weighted by molar-refractivity contribution is 7.14. The van der Waals surface area contributed by atoms with Crippen LogP contribution in [0.4, 0.5) is 5.13 Å². The first kappa shape index (κ1) is 15.2. The molecule has 0 saturated carbocycles. The fourth-order valence-electron chi connectivity index (χ4n) is 2.33. The molecule has 4 heterocycles. The van der Waals surface area contributed by atoms with E-state index in [9.17, 15) is 0 Å². The van der Waals surface area contributed by atoms with Gasteiger partial charge in [-0.3, -0.25) is 9.98 Å². The van der Waals surface area contributed by atoms with Gasteiger partial charge < -0.3 is 10.6 Å². The molecule has 0 bridgehead atoms. The van der Waals surface area contributed by atoms with E-state index in [-0.39, 0.29) is 0 Å². The molecule has 3 aromatic heterocycles. The van der Waals surface area contributed by atoms with Crippen molar-refractivity contribution < 1.29 is 0 Å².